The van der Waals surface area contributed by atoms with Crippen LogP contribution in [0.3, 0.4) is 0 Å². The molecule has 4 heterocycles. The van der Waals surface area contributed by atoms with Crippen molar-refractivity contribution in [3.63, 3.8) is 0 Å². The molecule has 2 atom stereocenters. The van der Waals surface area contributed by atoms with Crippen LogP contribution in [-0.2, 0) is 11.2 Å². The number of hydrogen-bond donors (Lipinski definition) is 3. The summed E-state index contributed by atoms with van der Waals surface area (Å²) in [4.78, 5) is 17.8. The molecule has 172 valence electrons. The lowest BCUT2D eigenvalue weighted by Crippen LogP contribution is -2.34. The van der Waals surface area contributed by atoms with Gasteiger partial charge < -0.3 is 24.1 Å². The summed E-state index contributed by atoms with van der Waals surface area (Å²) in [6.45, 7) is 5.48. The Labute approximate surface area is 192 Å². The van der Waals surface area contributed by atoms with Crippen LogP contribution >= 0.6 is 12.6 Å². The highest BCUT2D eigenvalue weighted by molar-refractivity contribution is 7.80. The molecule has 0 bridgehead atoms. The lowest BCUT2D eigenvalue weighted by molar-refractivity contribution is 0.170. The van der Waals surface area contributed by atoms with E-state index in [-0.39, 0.29) is 17.0 Å². The number of hydrazone groups is 1. The predicted molar refractivity (Wildman–Crippen MR) is 126 cm³/mol. The quantitative estimate of drug-likeness (QED) is 0.411. The van der Waals surface area contributed by atoms with Gasteiger partial charge in [-0.2, -0.15) is 5.10 Å². The Bertz CT molecular complexity index is 1080. The Morgan fingerprint density at radius 2 is 2.09 bits per heavy atom. The second kappa shape index (κ2) is 9.41. The third kappa shape index (κ3) is 4.29. The Kier molecular flexibility index (Phi) is 6.61. The van der Waals surface area contributed by atoms with Crippen molar-refractivity contribution >= 4 is 18.5 Å². The molecule has 9 nitrogen and oxygen atoms in total. The lowest BCUT2D eigenvalue weighted by atomic mass is 9.89. The summed E-state index contributed by atoms with van der Waals surface area (Å²) in [7, 11) is 3.23. The van der Waals surface area contributed by atoms with Crippen LogP contribution in [0.2, 0.25) is 0 Å². The van der Waals surface area contributed by atoms with Gasteiger partial charge in [-0.25, -0.2) is 4.98 Å². The van der Waals surface area contributed by atoms with Crippen molar-refractivity contribution in [2.45, 2.75) is 38.2 Å². The van der Waals surface area contributed by atoms with Gasteiger partial charge in [-0.1, -0.05) is 13.8 Å². The molecule has 2 aromatic heterocycles. The molecule has 2 aliphatic heterocycles. The van der Waals surface area contributed by atoms with Crippen LogP contribution in [0.1, 0.15) is 37.4 Å². The molecule has 10 heteroatoms. The molecular weight excluding hydrogens is 430 g/mol. The molecule has 0 fully saturated rings. The van der Waals surface area contributed by atoms with Gasteiger partial charge in [-0.15, -0.1) is 12.6 Å². The maximum Gasteiger partial charge on any atom is 0.257 e. The van der Waals surface area contributed by atoms with E-state index in [0.717, 1.165) is 29.8 Å². The van der Waals surface area contributed by atoms with Crippen molar-refractivity contribution < 1.29 is 14.2 Å². The molecule has 2 aliphatic rings. The number of thiol groups is 1. The molecule has 0 aliphatic carbocycles. The zero-order chi connectivity index (χ0) is 22.8. The monoisotopic (exact) mass is 459 g/mol. The van der Waals surface area contributed by atoms with Gasteiger partial charge in [-0.3, -0.25) is 10.2 Å². The summed E-state index contributed by atoms with van der Waals surface area (Å²) in [5, 5.41) is 7.26. The molecule has 1 unspecified atom stereocenters. The number of methoxy groups -OCH3 is 2. The Balaban J connectivity index is 1.78. The second-order valence-electron chi connectivity index (χ2n) is 8.19. The van der Waals surface area contributed by atoms with Crippen molar-refractivity contribution in [1.82, 2.24) is 20.3 Å². The summed E-state index contributed by atoms with van der Waals surface area (Å²) in [6, 6.07) is 3.77. The van der Waals surface area contributed by atoms with Crippen molar-refractivity contribution in [1.29, 1.82) is 0 Å². The maximum absolute atomic E-state index is 13.0. The zero-order valence-electron chi connectivity index (χ0n) is 18.7. The molecule has 2 N–H and O–H groups in total. The molecule has 4 rings (SSSR count). The normalized spacial score (nSPS) is 19.0. The van der Waals surface area contributed by atoms with E-state index in [1.807, 2.05) is 12.3 Å². The molecule has 0 radical (unpaired) electrons. The number of aromatic nitrogens is 2. The average Bonchev–Trinajstić information content (AvgIpc) is 3.21. The fourth-order valence-corrected chi connectivity index (χ4v) is 4.24. The Morgan fingerprint density at radius 1 is 1.28 bits per heavy atom. The van der Waals surface area contributed by atoms with E-state index < -0.39 is 0 Å². The van der Waals surface area contributed by atoms with E-state index in [9.17, 15) is 4.79 Å². The van der Waals surface area contributed by atoms with Crippen molar-refractivity contribution in [2.24, 2.45) is 11.0 Å². The van der Waals surface area contributed by atoms with Crippen LogP contribution < -0.4 is 25.6 Å². The number of fused-ring (bicyclic) bond motifs is 3. The zero-order valence-corrected chi connectivity index (χ0v) is 19.6. The molecule has 0 saturated heterocycles. The predicted octanol–water partition coefficient (Wildman–Crippen LogP) is 2.16. The molecule has 0 amide bonds. The first-order chi connectivity index (χ1) is 15.4. The van der Waals surface area contributed by atoms with E-state index in [2.05, 4.69) is 46.9 Å². The number of nitrogens with one attached hydrogen (secondary N) is 2. The van der Waals surface area contributed by atoms with Crippen LogP contribution in [0.4, 0.5) is 0 Å². The maximum atomic E-state index is 13.0. The van der Waals surface area contributed by atoms with Gasteiger partial charge in [0.15, 0.2) is 22.5 Å². The van der Waals surface area contributed by atoms with Gasteiger partial charge in [0.1, 0.15) is 0 Å². The standard InChI is InChI=1S/C22H29N5O4S/c1-12(2)15-8-13-9-18(31-7-5-6-29-3)21(30-4)23-19(13)16-10-17(28)14(11-27(15)16)20-24-22(32)26-25-20/h9-12,15,22,26,32H,5-8H2,1-4H3,(H,24,25)/t15-,22?/m0/s1. The van der Waals surface area contributed by atoms with Gasteiger partial charge >= 0.3 is 0 Å². The SMILES string of the molecule is COCCCOc1cc2c(nc1OC)-c1cc(=O)c(C3=NNC(S)N3)cn1[C@H](C(C)C)C2. The summed E-state index contributed by atoms with van der Waals surface area (Å²) < 4.78 is 18.7. The molecule has 0 spiro atoms. The highest BCUT2D eigenvalue weighted by Crippen LogP contribution is 2.40. The average molecular weight is 460 g/mol. The molecule has 0 saturated carbocycles. The summed E-state index contributed by atoms with van der Waals surface area (Å²) in [6.07, 6.45) is 3.40. The minimum absolute atomic E-state index is 0.136. The third-order valence-electron chi connectivity index (χ3n) is 5.68. The number of pyridine rings is 2. The fraction of sp³-hybridized carbons (Fsp3) is 0.500. The first-order valence-electron chi connectivity index (χ1n) is 10.7. The first kappa shape index (κ1) is 22.5. The lowest BCUT2D eigenvalue weighted by Gasteiger charge is -2.33. The van der Waals surface area contributed by atoms with E-state index in [1.165, 1.54) is 0 Å². The topological polar surface area (TPSA) is 99.0 Å². The van der Waals surface area contributed by atoms with Crippen LogP contribution in [0.25, 0.3) is 11.4 Å². The van der Waals surface area contributed by atoms with Gasteiger partial charge in [0, 0.05) is 38.4 Å². The first-order valence-corrected chi connectivity index (χ1v) is 11.2. The van der Waals surface area contributed by atoms with Gasteiger partial charge in [0.25, 0.3) is 5.88 Å². The summed E-state index contributed by atoms with van der Waals surface area (Å²) >= 11 is 4.30. The van der Waals surface area contributed by atoms with Crippen LogP contribution in [0, 0.1) is 5.92 Å². The van der Waals surface area contributed by atoms with E-state index >= 15 is 0 Å². The minimum Gasteiger partial charge on any atom is -0.488 e. The van der Waals surface area contributed by atoms with Crippen LogP contribution in [0.5, 0.6) is 11.6 Å². The van der Waals surface area contributed by atoms with Crippen molar-refractivity contribution in [3.05, 3.63) is 39.7 Å². The number of rotatable bonds is 8. The number of ether oxygens (including phenoxy) is 3. The largest absolute Gasteiger partial charge is 0.488 e. The van der Waals surface area contributed by atoms with Crippen molar-refractivity contribution in [3.8, 4) is 23.0 Å². The third-order valence-corrected chi connectivity index (χ3v) is 5.93. The number of nitrogens with zero attached hydrogens (tertiary/aromatic N) is 3. The van der Waals surface area contributed by atoms with Gasteiger partial charge in [-0.05, 0) is 24.0 Å². The van der Waals surface area contributed by atoms with Gasteiger partial charge in [0.2, 0.25) is 0 Å². The fourth-order valence-electron chi connectivity index (χ4n) is 4.06. The second-order valence-corrected chi connectivity index (χ2v) is 8.71. The van der Waals surface area contributed by atoms with Crippen LogP contribution in [-0.4, -0.2) is 48.3 Å². The Morgan fingerprint density at radius 3 is 2.75 bits per heavy atom. The highest BCUT2D eigenvalue weighted by Gasteiger charge is 2.30. The smallest absolute Gasteiger partial charge is 0.257 e. The minimum atomic E-state index is -0.319. The van der Waals surface area contributed by atoms with E-state index in [1.54, 1.807) is 20.3 Å². The van der Waals surface area contributed by atoms with Gasteiger partial charge in [0.05, 0.1) is 30.7 Å². The molecule has 2 aromatic rings. The number of amidine groups is 1. The summed E-state index contributed by atoms with van der Waals surface area (Å²) in [5.41, 5.74) is 5.38. The van der Waals surface area contributed by atoms with Crippen LogP contribution in [0.15, 0.2) is 28.2 Å². The van der Waals surface area contributed by atoms with E-state index in [0.29, 0.717) is 42.2 Å². The Hall–Kier alpha value is -2.72. The number of hydrogen-bond acceptors (Lipinski definition) is 9. The molecule has 0 aromatic carbocycles. The van der Waals surface area contributed by atoms with Crippen molar-refractivity contribution in [2.75, 3.05) is 27.4 Å². The molecular formula is C22H29N5O4S. The summed E-state index contributed by atoms with van der Waals surface area (Å²) in [5.74, 6) is 1.83. The highest BCUT2D eigenvalue weighted by atomic mass is 32.1. The molecule has 32 heavy (non-hydrogen) atoms. The van der Waals surface area contributed by atoms with E-state index in [4.69, 9.17) is 19.2 Å².